The Morgan fingerprint density at radius 3 is 2.12 bits per heavy atom. The lowest BCUT2D eigenvalue weighted by Crippen LogP contribution is -2.21. The molecule has 0 saturated heterocycles. The van der Waals surface area contributed by atoms with E-state index in [1.807, 2.05) is 49.4 Å². The third kappa shape index (κ3) is 4.11. The van der Waals surface area contributed by atoms with Crippen LogP contribution in [0.4, 0.5) is 5.69 Å². The zero-order valence-electron chi connectivity index (χ0n) is 14.4. The highest BCUT2D eigenvalue weighted by atomic mass is 16.1. The average Bonchev–Trinajstić information content (AvgIpc) is 2.62. The van der Waals surface area contributed by atoms with Crippen LogP contribution in [0.15, 0.2) is 54.1 Å². The summed E-state index contributed by atoms with van der Waals surface area (Å²) in [5.74, 6) is -0.245. The Labute approximate surface area is 143 Å². The molecule has 0 aliphatic rings. The van der Waals surface area contributed by atoms with Crippen molar-refractivity contribution in [3.8, 4) is 6.07 Å². The molecule has 0 unspecified atom stereocenters. The Morgan fingerprint density at radius 1 is 1.04 bits per heavy atom. The van der Waals surface area contributed by atoms with Gasteiger partial charge in [-0.3, -0.25) is 4.79 Å². The first-order valence-electron chi connectivity index (χ1n) is 8.17. The van der Waals surface area contributed by atoms with Gasteiger partial charge in [0.1, 0.15) is 11.6 Å². The molecule has 2 aromatic carbocycles. The van der Waals surface area contributed by atoms with E-state index in [-0.39, 0.29) is 11.4 Å². The first kappa shape index (κ1) is 17.5. The number of allylic oxidation sites excluding steroid dienone is 1. The maximum absolute atomic E-state index is 12.5. The lowest BCUT2D eigenvalue weighted by molar-refractivity contribution is 0.104. The van der Waals surface area contributed by atoms with E-state index < -0.39 is 0 Å². The number of aryl methyl sites for hydroxylation is 1. The van der Waals surface area contributed by atoms with E-state index in [1.54, 1.807) is 18.2 Å². The first-order valence-corrected chi connectivity index (χ1v) is 8.17. The van der Waals surface area contributed by atoms with Crippen molar-refractivity contribution in [2.75, 3.05) is 18.0 Å². The van der Waals surface area contributed by atoms with Crippen LogP contribution in [0, 0.1) is 18.3 Å². The highest BCUT2D eigenvalue weighted by Crippen LogP contribution is 2.18. The first-order chi connectivity index (χ1) is 11.6. The summed E-state index contributed by atoms with van der Waals surface area (Å²) in [7, 11) is 0. The van der Waals surface area contributed by atoms with E-state index >= 15 is 0 Å². The maximum atomic E-state index is 12.5. The second-order valence-electron chi connectivity index (χ2n) is 5.63. The molecule has 0 N–H and O–H groups in total. The fraction of sp³-hybridized carbons (Fsp3) is 0.238. The second-order valence-corrected chi connectivity index (χ2v) is 5.63. The second kappa shape index (κ2) is 8.12. The van der Waals surface area contributed by atoms with Crippen molar-refractivity contribution in [1.29, 1.82) is 5.26 Å². The Balaban J connectivity index is 2.25. The smallest absolute Gasteiger partial charge is 0.203 e. The number of carbonyl (C=O) groups is 1. The molecular weight excluding hydrogens is 296 g/mol. The van der Waals surface area contributed by atoms with Crippen LogP contribution in [-0.2, 0) is 0 Å². The van der Waals surface area contributed by atoms with Crippen molar-refractivity contribution < 1.29 is 4.79 Å². The van der Waals surface area contributed by atoms with Gasteiger partial charge in [-0.1, -0.05) is 42.0 Å². The van der Waals surface area contributed by atoms with Crippen molar-refractivity contribution >= 4 is 17.5 Å². The predicted molar refractivity (Wildman–Crippen MR) is 99.1 cm³/mol. The number of nitriles is 1. The van der Waals surface area contributed by atoms with E-state index in [0.29, 0.717) is 5.56 Å². The topological polar surface area (TPSA) is 44.1 Å². The Morgan fingerprint density at radius 2 is 1.62 bits per heavy atom. The number of ketones is 1. The van der Waals surface area contributed by atoms with Gasteiger partial charge in [-0.15, -0.1) is 0 Å². The van der Waals surface area contributed by atoms with Crippen LogP contribution < -0.4 is 4.90 Å². The van der Waals surface area contributed by atoms with E-state index in [0.717, 1.165) is 29.9 Å². The van der Waals surface area contributed by atoms with E-state index in [2.05, 4.69) is 18.7 Å². The Kier molecular flexibility index (Phi) is 5.92. The summed E-state index contributed by atoms with van der Waals surface area (Å²) in [5.41, 5.74) is 3.76. The van der Waals surface area contributed by atoms with Crippen molar-refractivity contribution in [3.05, 3.63) is 70.8 Å². The fourth-order valence-corrected chi connectivity index (χ4v) is 2.55. The summed E-state index contributed by atoms with van der Waals surface area (Å²) in [4.78, 5) is 14.7. The minimum absolute atomic E-state index is 0.148. The molecule has 0 spiro atoms. The molecule has 3 heteroatoms. The van der Waals surface area contributed by atoms with Crippen LogP contribution in [0.2, 0.25) is 0 Å². The van der Waals surface area contributed by atoms with Gasteiger partial charge < -0.3 is 4.90 Å². The maximum Gasteiger partial charge on any atom is 0.203 e. The largest absolute Gasteiger partial charge is 0.372 e. The van der Waals surface area contributed by atoms with Crippen molar-refractivity contribution in [2.45, 2.75) is 20.8 Å². The summed E-state index contributed by atoms with van der Waals surface area (Å²) in [6.07, 6.45) is 1.65. The van der Waals surface area contributed by atoms with Gasteiger partial charge in [0.2, 0.25) is 5.78 Å². The van der Waals surface area contributed by atoms with Crippen molar-refractivity contribution in [3.63, 3.8) is 0 Å². The molecule has 0 aliphatic heterocycles. The minimum Gasteiger partial charge on any atom is -0.372 e. The predicted octanol–water partition coefficient (Wildman–Crippen LogP) is 4.63. The molecule has 122 valence electrons. The Bertz CT molecular complexity index is 761. The highest BCUT2D eigenvalue weighted by molar-refractivity contribution is 6.14. The zero-order chi connectivity index (χ0) is 17.5. The van der Waals surface area contributed by atoms with E-state index in [4.69, 9.17) is 0 Å². The molecular formula is C21H22N2O. The zero-order valence-corrected chi connectivity index (χ0v) is 14.4. The monoisotopic (exact) mass is 318 g/mol. The van der Waals surface area contributed by atoms with Gasteiger partial charge in [0.25, 0.3) is 0 Å². The summed E-state index contributed by atoms with van der Waals surface area (Å²) in [5, 5.41) is 9.35. The number of hydrogen-bond acceptors (Lipinski definition) is 3. The summed E-state index contributed by atoms with van der Waals surface area (Å²) >= 11 is 0. The molecule has 2 rings (SSSR count). The van der Waals surface area contributed by atoms with E-state index in [1.165, 1.54) is 0 Å². The SMILES string of the molecule is CCN(CC)c1ccc(/C=C(\C#N)C(=O)c2ccc(C)cc2)cc1. The van der Waals surface area contributed by atoms with Gasteiger partial charge in [-0.25, -0.2) is 0 Å². The standard InChI is InChI=1S/C21H22N2O/c1-4-23(5-2)20-12-8-17(9-13-20)14-19(15-22)21(24)18-10-6-16(3)7-11-18/h6-14H,4-5H2,1-3H3/b19-14+. The van der Waals surface area contributed by atoms with Crippen LogP contribution in [0.25, 0.3) is 6.08 Å². The molecule has 0 heterocycles. The number of benzene rings is 2. The molecule has 0 atom stereocenters. The van der Waals surface area contributed by atoms with Gasteiger partial charge in [0, 0.05) is 24.3 Å². The van der Waals surface area contributed by atoms with Crippen molar-refractivity contribution in [2.24, 2.45) is 0 Å². The highest BCUT2D eigenvalue weighted by Gasteiger charge is 2.12. The van der Waals surface area contributed by atoms with Gasteiger partial charge in [0.15, 0.2) is 0 Å². The van der Waals surface area contributed by atoms with Gasteiger partial charge in [0.05, 0.1) is 0 Å². The fourth-order valence-electron chi connectivity index (χ4n) is 2.55. The molecule has 0 saturated carbocycles. The number of carbonyl (C=O) groups excluding carboxylic acids is 1. The van der Waals surface area contributed by atoms with Crippen molar-refractivity contribution in [1.82, 2.24) is 0 Å². The van der Waals surface area contributed by atoms with Crippen LogP contribution >= 0.6 is 0 Å². The lowest BCUT2D eigenvalue weighted by atomic mass is 10.0. The molecule has 0 amide bonds. The molecule has 3 nitrogen and oxygen atoms in total. The number of rotatable bonds is 6. The number of anilines is 1. The summed E-state index contributed by atoms with van der Waals surface area (Å²) in [6, 6.07) is 17.2. The summed E-state index contributed by atoms with van der Waals surface area (Å²) < 4.78 is 0. The molecule has 0 aromatic heterocycles. The van der Waals surface area contributed by atoms with Crippen LogP contribution in [0.1, 0.15) is 35.3 Å². The molecule has 0 radical (unpaired) electrons. The lowest BCUT2D eigenvalue weighted by Gasteiger charge is -2.20. The van der Waals surface area contributed by atoms with Crippen LogP contribution in [0.5, 0.6) is 0 Å². The number of hydrogen-bond donors (Lipinski definition) is 0. The quantitative estimate of drug-likeness (QED) is 0.443. The average molecular weight is 318 g/mol. The minimum atomic E-state index is -0.245. The Hall–Kier alpha value is -2.86. The molecule has 2 aromatic rings. The third-order valence-corrected chi connectivity index (χ3v) is 4.01. The van der Waals surface area contributed by atoms with E-state index in [9.17, 15) is 10.1 Å². The molecule has 0 fully saturated rings. The van der Waals surface area contributed by atoms with Gasteiger partial charge >= 0.3 is 0 Å². The molecule has 0 aliphatic carbocycles. The van der Waals surface area contributed by atoms with Crippen LogP contribution in [0.3, 0.4) is 0 Å². The normalized spacial score (nSPS) is 11.0. The summed E-state index contributed by atoms with van der Waals surface area (Å²) in [6.45, 7) is 8.09. The van der Waals surface area contributed by atoms with Gasteiger partial charge in [-0.2, -0.15) is 5.26 Å². The molecule has 24 heavy (non-hydrogen) atoms. The third-order valence-electron chi connectivity index (χ3n) is 4.01. The molecule has 0 bridgehead atoms. The van der Waals surface area contributed by atoms with Gasteiger partial charge in [-0.05, 0) is 44.5 Å². The number of Topliss-reactive ketones (excluding diaryl/α,β-unsaturated/α-hetero) is 1. The van der Waals surface area contributed by atoms with Crippen LogP contribution in [-0.4, -0.2) is 18.9 Å². The number of nitrogens with zero attached hydrogens (tertiary/aromatic N) is 2.